The summed E-state index contributed by atoms with van der Waals surface area (Å²) in [4.78, 5) is 2.14. The molecule has 0 amide bonds. The standard InChI is InChI=1S/C15H21F3N2/c1-9(2)20-6-4-3-5-13(19)15(20)10-7-11(16)14(18)12(17)8-10/h7-9,13,15H,3-6,19H2,1-2H3. The number of hydrogen-bond donors (Lipinski definition) is 1. The number of rotatable bonds is 2. The third kappa shape index (κ3) is 2.99. The fraction of sp³-hybridized carbons (Fsp3) is 0.600. The van der Waals surface area contributed by atoms with Crippen LogP contribution in [-0.2, 0) is 0 Å². The van der Waals surface area contributed by atoms with Crippen molar-refractivity contribution in [3.8, 4) is 0 Å². The number of nitrogens with two attached hydrogens (primary N) is 1. The minimum Gasteiger partial charge on any atom is -0.326 e. The summed E-state index contributed by atoms with van der Waals surface area (Å²) < 4.78 is 40.1. The van der Waals surface area contributed by atoms with Gasteiger partial charge in [0.15, 0.2) is 17.5 Å². The van der Waals surface area contributed by atoms with Crippen LogP contribution < -0.4 is 5.73 Å². The fourth-order valence-electron chi connectivity index (χ4n) is 2.98. The molecule has 1 saturated heterocycles. The van der Waals surface area contributed by atoms with Gasteiger partial charge in [0, 0.05) is 12.1 Å². The zero-order valence-electron chi connectivity index (χ0n) is 11.9. The molecule has 20 heavy (non-hydrogen) atoms. The van der Waals surface area contributed by atoms with Gasteiger partial charge in [-0.15, -0.1) is 0 Å². The van der Waals surface area contributed by atoms with E-state index in [0.717, 1.165) is 37.9 Å². The average Bonchev–Trinajstić information content (AvgIpc) is 2.57. The molecule has 2 rings (SSSR count). The van der Waals surface area contributed by atoms with Gasteiger partial charge in [-0.3, -0.25) is 4.90 Å². The third-order valence-corrected chi connectivity index (χ3v) is 3.98. The summed E-state index contributed by atoms with van der Waals surface area (Å²) in [6, 6.07) is 1.87. The molecule has 0 saturated carbocycles. The van der Waals surface area contributed by atoms with E-state index in [9.17, 15) is 13.2 Å². The molecule has 1 aliphatic heterocycles. The lowest BCUT2D eigenvalue weighted by molar-refractivity contribution is 0.143. The first-order valence-electron chi connectivity index (χ1n) is 7.07. The van der Waals surface area contributed by atoms with Crippen LogP contribution in [0.25, 0.3) is 0 Å². The van der Waals surface area contributed by atoms with Gasteiger partial charge in [0.1, 0.15) is 0 Å². The van der Waals surface area contributed by atoms with Crippen molar-refractivity contribution in [3.63, 3.8) is 0 Å². The molecule has 1 fully saturated rings. The molecule has 1 aliphatic rings. The van der Waals surface area contributed by atoms with Gasteiger partial charge in [0.05, 0.1) is 6.04 Å². The number of halogens is 3. The molecular formula is C15H21F3N2. The second-order valence-corrected chi connectivity index (χ2v) is 5.73. The van der Waals surface area contributed by atoms with Crippen LogP contribution >= 0.6 is 0 Å². The summed E-state index contributed by atoms with van der Waals surface area (Å²) >= 11 is 0. The molecule has 5 heteroatoms. The molecule has 1 aromatic rings. The van der Waals surface area contributed by atoms with Crippen molar-refractivity contribution in [2.24, 2.45) is 5.73 Å². The highest BCUT2D eigenvalue weighted by Gasteiger charge is 2.31. The van der Waals surface area contributed by atoms with Crippen LogP contribution in [0.2, 0.25) is 0 Å². The van der Waals surface area contributed by atoms with E-state index in [1.165, 1.54) is 0 Å². The molecule has 0 aromatic heterocycles. The zero-order valence-corrected chi connectivity index (χ0v) is 11.9. The van der Waals surface area contributed by atoms with Gasteiger partial charge < -0.3 is 5.73 Å². The van der Waals surface area contributed by atoms with Gasteiger partial charge in [-0.1, -0.05) is 6.42 Å². The van der Waals surface area contributed by atoms with E-state index in [-0.39, 0.29) is 18.1 Å². The van der Waals surface area contributed by atoms with Crippen molar-refractivity contribution in [2.45, 2.75) is 51.2 Å². The Morgan fingerprint density at radius 3 is 2.30 bits per heavy atom. The molecule has 2 atom stereocenters. The number of nitrogens with zero attached hydrogens (tertiary/aromatic N) is 1. The van der Waals surface area contributed by atoms with E-state index < -0.39 is 17.5 Å². The molecular weight excluding hydrogens is 265 g/mol. The summed E-state index contributed by atoms with van der Waals surface area (Å²) in [6.07, 6.45) is 2.80. The topological polar surface area (TPSA) is 29.3 Å². The molecule has 2 unspecified atom stereocenters. The first-order chi connectivity index (χ1) is 9.41. The summed E-state index contributed by atoms with van der Waals surface area (Å²) in [5.41, 5.74) is 6.62. The van der Waals surface area contributed by atoms with Gasteiger partial charge in [0.25, 0.3) is 0 Å². The van der Waals surface area contributed by atoms with Crippen LogP contribution in [0.15, 0.2) is 12.1 Å². The van der Waals surface area contributed by atoms with Crippen molar-refractivity contribution in [2.75, 3.05) is 6.54 Å². The highest BCUT2D eigenvalue weighted by atomic mass is 19.2. The number of likely N-dealkylation sites (tertiary alicyclic amines) is 1. The van der Waals surface area contributed by atoms with Crippen LogP contribution in [0, 0.1) is 17.5 Å². The Morgan fingerprint density at radius 1 is 1.15 bits per heavy atom. The predicted octanol–water partition coefficient (Wildman–Crippen LogP) is 3.37. The first kappa shape index (κ1) is 15.3. The molecule has 1 aromatic carbocycles. The molecule has 0 bridgehead atoms. The number of hydrogen-bond acceptors (Lipinski definition) is 2. The molecule has 2 nitrogen and oxygen atoms in total. The molecule has 1 heterocycles. The SMILES string of the molecule is CC(C)N1CCCCC(N)C1c1cc(F)c(F)c(F)c1. The van der Waals surface area contributed by atoms with Crippen LogP contribution in [0.5, 0.6) is 0 Å². The molecule has 0 spiro atoms. The van der Waals surface area contributed by atoms with Gasteiger partial charge in [-0.25, -0.2) is 13.2 Å². The minimum atomic E-state index is -1.42. The quantitative estimate of drug-likeness (QED) is 0.845. The molecule has 0 radical (unpaired) electrons. The van der Waals surface area contributed by atoms with E-state index in [0.29, 0.717) is 5.56 Å². The number of benzene rings is 1. The monoisotopic (exact) mass is 286 g/mol. The van der Waals surface area contributed by atoms with Gasteiger partial charge in [-0.2, -0.15) is 0 Å². The summed E-state index contributed by atoms with van der Waals surface area (Å²) in [5, 5.41) is 0. The summed E-state index contributed by atoms with van der Waals surface area (Å²) in [5.74, 6) is -3.73. The molecule has 2 N–H and O–H groups in total. The average molecular weight is 286 g/mol. The van der Waals surface area contributed by atoms with Crippen LogP contribution in [0.1, 0.15) is 44.7 Å². The molecule has 112 valence electrons. The maximum atomic E-state index is 13.5. The Balaban J connectivity index is 2.44. The Hall–Kier alpha value is -1.07. The van der Waals surface area contributed by atoms with Crippen molar-refractivity contribution in [1.29, 1.82) is 0 Å². The molecule has 0 aliphatic carbocycles. The maximum Gasteiger partial charge on any atom is 0.194 e. The van der Waals surface area contributed by atoms with Crippen molar-refractivity contribution < 1.29 is 13.2 Å². The van der Waals surface area contributed by atoms with Crippen molar-refractivity contribution >= 4 is 0 Å². The Morgan fingerprint density at radius 2 is 1.75 bits per heavy atom. The van der Waals surface area contributed by atoms with Crippen molar-refractivity contribution in [3.05, 3.63) is 35.1 Å². The van der Waals surface area contributed by atoms with Crippen LogP contribution in [0.4, 0.5) is 13.2 Å². The van der Waals surface area contributed by atoms with Crippen LogP contribution in [-0.4, -0.2) is 23.5 Å². The van der Waals surface area contributed by atoms with Crippen LogP contribution in [0.3, 0.4) is 0 Å². The van der Waals surface area contributed by atoms with Crippen molar-refractivity contribution in [1.82, 2.24) is 4.90 Å². The second kappa shape index (κ2) is 6.14. The highest BCUT2D eigenvalue weighted by Crippen LogP contribution is 2.32. The minimum absolute atomic E-state index is 0.204. The van der Waals surface area contributed by atoms with Gasteiger partial charge in [0.2, 0.25) is 0 Å². The lowest BCUT2D eigenvalue weighted by atomic mass is 9.95. The lowest BCUT2D eigenvalue weighted by Gasteiger charge is -2.36. The van der Waals surface area contributed by atoms with Gasteiger partial charge in [-0.05, 0) is 50.9 Å². The first-order valence-corrected chi connectivity index (χ1v) is 7.07. The van der Waals surface area contributed by atoms with Gasteiger partial charge >= 0.3 is 0 Å². The predicted molar refractivity (Wildman–Crippen MR) is 72.7 cm³/mol. The normalized spacial score (nSPS) is 24.9. The third-order valence-electron chi connectivity index (χ3n) is 3.98. The lowest BCUT2D eigenvalue weighted by Crippen LogP contribution is -2.43. The fourth-order valence-corrected chi connectivity index (χ4v) is 2.98. The zero-order chi connectivity index (χ0) is 14.9. The Bertz CT molecular complexity index is 453. The van der Waals surface area contributed by atoms with E-state index in [1.807, 2.05) is 13.8 Å². The Kier molecular flexibility index (Phi) is 4.70. The summed E-state index contributed by atoms with van der Waals surface area (Å²) in [7, 11) is 0. The Labute approximate surface area is 117 Å². The van der Waals surface area contributed by atoms with E-state index in [4.69, 9.17) is 5.73 Å². The maximum absolute atomic E-state index is 13.5. The smallest absolute Gasteiger partial charge is 0.194 e. The van der Waals surface area contributed by atoms with E-state index in [2.05, 4.69) is 4.90 Å². The largest absolute Gasteiger partial charge is 0.326 e. The second-order valence-electron chi connectivity index (χ2n) is 5.73. The van der Waals surface area contributed by atoms with E-state index in [1.54, 1.807) is 0 Å². The summed E-state index contributed by atoms with van der Waals surface area (Å²) in [6.45, 7) is 4.89. The highest BCUT2D eigenvalue weighted by molar-refractivity contribution is 5.24. The van der Waals surface area contributed by atoms with E-state index >= 15 is 0 Å².